The average Bonchev–Trinajstić information content (AvgIpc) is 3.17. The van der Waals surface area contributed by atoms with Gasteiger partial charge in [-0.1, -0.05) is 19.1 Å². The van der Waals surface area contributed by atoms with Gasteiger partial charge in [-0.3, -0.25) is 14.4 Å². The summed E-state index contributed by atoms with van der Waals surface area (Å²) in [5.41, 5.74) is 1.98. The van der Waals surface area contributed by atoms with Gasteiger partial charge in [0.05, 0.1) is 6.54 Å². The van der Waals surface area contributed by atoms with E-state index in [4.69, 9.17) is 0 Å². The highest BCUT2D eigenvalue weighted by atomic mass is 16.2. The first kappa shape index (κ1) is 19.2. The summed E-state index contributed by atoms with van der Waals surface area (Å²) in [5.74, 6) is 0.516. The number of carbonyl (C=O) groups is 2. The predicted molar refractivity (Wildman–Crippen MR) is 112 cm³/mol. The molecule has 2 heterocycles. The van der Waals surface area contributed by atoms with E-state index in [1.54, 1.807) is 13.1 Å². The molecule has 2 atom stereocenters. The van der Waals surface area contributed by atoms with Crippen molar-refractivity contribution in [3.8, 4) is 0 Å². The van der Waals surface area contributed by atoms with Crippen molar-refractivity contribution in [2.24, 2.45) is 11.8 Å². The van der Waals surface area contributed by atoms with Crippen LogP contribution in [0.5, 0.6) is 0 Å². The first-order valence-corrected chi connectivity index (χ1v) is 10.1. The normalized spacial score (nSPS) is 18.0. The van der Waals surface area contributed by atoms with Crippen molar-refractivity contribution in [2.45, 2.75) is 33.2 Å². The lowest BCUT2D eigenvalue weighted by Crippen LogP contribution is -2.34. The van der Waals surface area contributed by atoms with Gasteiger partial charge in [-0.15, -0.1) is 0 Å². The summed E-state index contributed by atoms with van der Waals surface area (Å²) in [6.45, 7) is 4.64. The van der Waals surface area contributed by atoms with Gasteiger partial charge < -0.3 is 14.9 Å². The van der Waals surface area contributed by atoms with Crippen LogP contribution in [-0.4, -0.2) is 27.8 Å². The summed E-state index contributed by atoms with van der Waals surface area (Å²) in [6.07, 6.45) is 4.98. The Morgan fingerprint density at radius 3 is 2.79 bits per heavy atom. The third-order valence-electron chi connectivity index (χ3n) is 5.74. The fourth-order valence-electron chi connectivity index (χ4n) is 3.84. The summed E-state index contributed by atoms with van der Waals surface area (Å²) < 4.78 is 1.48. The largest absolute Gasteiger partial charge is 0.361 e. The zero-order chi connectivity index (χ0) is 20.5. The first-order chi connectivity index (χ1) is 14.0. The van der Waals surface area contributed by atoms with E-state index in [2.05, 4.69) is 17.2 Å². The van der Waals surface area contributed by atoms with Crippen LogP contribution in [0.3, 0.4) is 0 Å². The molecule has 0 unspecified atom stereocenters. The molecule has 1 aliphatic carbocycles. The van der Waals surface area contributed by atoms with Gasteiger partial charge in [0.25, 0.3) is 11.5 Å². The van der Waals surface area contributed by atoms with E-state index in [0.29, 0.717) is 36.9 Å². The minimum atomic E-state index is -0.444. The molecule has 0 saturated heterocycles. The van der Waals surface area contributed by atoms with Crippen LogP contribution in [0, 0.1) is 11.8 Å². The van der Waals surface area contributed by atoms with Crippen LogP contribution in [0.2, 0.25) is 0 Å². The van der Waals surface area contributed by atoms with E-state index < -0.39 is 5.91 Å². The molecule has 0 spiro atoms. The molecule has 0 bridgehead atoms. The lowest BCUT2D eigenvalue weighted by molar-refractivity contribution is 0.0953. The summed E-state index contributed by atoms with van der Waals surface area (Å²) in [5, 5.41) is 3.69. The second-order valence-corrected chi connectivity index (χ2v) is 7.89. The number of rotatable bonds is 7. The minimum absolute atomic E-state index is 0.0153. The molecule has 1 aliphatic rings. The quantitative estimate of drug-likeness (QED) is 0.606. The predicted octanol–water partition coefficient (Wildman–Crippen LogP) is 3.36. The van der Waals surface area contributed by atoms with E-state index >= 15 is 0 Å². The number of nitrogens with zero attached hydrogens (tertiary/aromatic N) is 1. The Kier molecular flexibility index (Phi) is 5.09. The number of Topliss-reactive ketones (excluding diaryl/α,β-unsaturated/α-hetero) is 1. The maximum absolute atomic E-state index is 13.0. The molecule has 0 radical (unpaired) electrons. The van der Waals surface area contributed by atoms with E-state index in [1.807, 2.05) is 30.5 Å². The Bertz CT molecular complexity index is 1140. The smallest absolute Gasteiger partial charge is 0.263 e. The molecule has 2 N–H and O–H groups in total. The maximum atomic E-state index is 13.0. The van der Waals surface area contributed by atoms with Crippen molar-refractivity contribution >= 4 is 22.6 Å². The summed E-state index contributed by atoms with van der Waals surface area (Å²) >= 11 is 0. The minimum Gasteiger partial charge on any atom is -0.361 e. The zero-order valence-electron chi connectivity index (χ0n) is 16.7. The van der Waals surface area contributed by atoms with E-state index in [-0.39, 0.29) is 16.9 Å². The van der Waals surface area contributed by atoms with E-state index in [0.717, 1.165) is 22.9 Å². The third-order valence-corrected chi connectivity index (χ3v) is 5.74. The van der Waals surface area contributed by atoms with Gasteiger partial charge in [0.1, 0.15) is 5.56 Å². The Morgan fingerprint density at radius 1 is 1.28 bits per heavy atom. The van der Waals surface area contributed by atoms with Gasteiger partial charge in [0.15, 0.2) is 5.78 Å². The molecular weight excluding hydrogens is 366 g/mol. The second-order valence-electron chi connectivity index (χ2n) is 7.89. The van der Waals surface area contributed by atoms with Gasteiger partial charge in [0.2, 0.25) is 0 Å². The maximum Gasteiger partial charge on any atom is 0.263 e. The van der Waals surface area contributed by atoms with E-state index in [9.17, 15) is 14.4 Å². The third kappa shape index (κ3) is 3.88. The molecule has 2 aromatic heterocycles. The van der Waals surface area contributed by atoms with Crippen LogP contribution in [-0.2, 0) is 6.54 Å². The molecule has 1 aromatic carbocycles. The van der Waals surface area contributed by atoms with Gasteiger partial charge in [-0.2, -0.15) is 0 Å². The molecule has 150 valence electrons. The van der Waals surface area contributed by atoms with Crippen molar-refractivity contribution in [2.75, 3.05) is 6.54 Å². The molecule has 6 nitrogen and oxygen atoms in total. The average molecular weight is 391 g/mol. The standard InChI is InChI=1S/C23H25N3O3/c1-3-24-22(28)19-10-17(21(27)11-16-9-14(16)2)13-26(23(19)29)12-15-5-4-6-20-18(15)7-8-25-20/h4-8,10,13-14,16,25H,3,9,11-12H2,1-2H3,(H,24,28)/t14-,16+/m0/s1. The van der Waals surface area contributed by atoms with Crippen LogP contribution in [0.1, 0.15) is 53.0 Å². The first-order valence-electron chi connectivity index (χ1n) is 10.1. The van der Waals surface area contributed by atoms with Gasteiger partial charge >= 0.3 is 0 Å². The monoisotopic (exact) mass is 391 g/mol. The molecule has 1 fully saturated rings. The summed E-state index contributed by atoms with van der Waals surface area (Å²) in [4.78, 5) is 41.4. The molecule has 0 aliphatic heterocycles. The highest BCUT2D eigenvalue weighted by molar-refractivity contribution is 6.00. The number of aromatic nitrogens is 2. The number of nitrogens with one attached hydrogen (secondary N) is 2. The number of fused-ring (bicyclic) bond motifs is 1. The Labute approximate surface area is 168 Å². The van der Waals surface area contributed by atoms with Crippen molar-refractivity contribution in [1.82, 2.24) is 14.9 Å². The van der Waals surface area contributed by atoms with Crippen molar-refractivity contribution in [3.63, 3.8) is 0 Å². The highest BCUT2D eigenvalue weighted by Crippen LogP contribution is 2.41. The lowest BCUT2D eigenvalue weighted by atomic mass is 10.0. The van der Waals surface area contributed by atoms with Gasteiger partial charge in [0, 0.05) is 41.8 Å². The fourth-order valence-corrected chi connectivity index (χ4v) is 3.84. The fraction of sp³-hybridized carbons (Fsp3) is 0.348. The van der Waals surface area contributed by atoms with Crippen LogP contribution >= 0.6 is 0 Å². The number of amides is 1. The van der Waals surface area contributed by atoms with Crippen LogP contribution in [0.25, 0.3) is 10.9 Å². The number of ketones is 1. The number of hydrogen-bond donors (Lipinski definition) is 2. The molecule has 4 rings (SSSR count). The summed E-state index contributed by atoms with van der Waals surface area (Å²) in [6, 6.07) is 9.26. The molecule has 3 aromatic rings. The Balaban J connectivity index is 1.74. The van der Waals surface area contributed by atoms with Crippen molar-refractivity contribution in [3.05, 3.63) is 69.8 Å². The number of pyridine rings is 1. The number of carbonyl (C=O) groups excluding carboxylic acids is 2. The number of H-pyrrole nitrogens is 1. The van der Waals surface area contributed by atoms with Crippen molar-refractivity contribution < 1.29 is 9.59 Å². The molecule has 29 heavy (non-hydrogen) atoms. The zero-order valence-corrected chi connectivity index (χ0v) is 16.7. The van der Waals surface area contributed by atoms with Crippen LogP contribution in [0.15, 0.2) is 47.5 Å². The lowest BCUT2D eigenvalue weighted by Gasteiger charge is -2.12. The topological polar surface area (TPSA) is 84.0 Å². The SMILES string of the molecule is CCNC(=O)c1cc(C(=O)C[C@H]2C[C@@H]2C)cn(Cc2cccc3[nH]ccc23)c1=O. The molecule has 1 saturated carbocycles. The molecule has 6 heteroatoms. The summed E-state index contributed by atoms with van der Waals surface area (Å²) in [7, 11) is 0. The van der Waals surface area contributed by atoms with Crippen molar-refractivity contribution in [1.29, 1.82) is 0 Å². The van der Waals surface area contributed by atoms with Gasteiger partial charge in [-0.25, -0.2) is 0 Å². The van der Waals surface area contributed by atoms with Crippen LogP contribution in [0.4, 0.5) is 0 Å². The highest BCUT2D eigenvalue weighted by Gasteiger charge is 2.34. The van der Waals surface area contributed by atoms with Crippen LogP contribution < -0.4 is 10.9 Å². The van der Waals surface area contributed by atoms with Gasteiger partial charge in [-0.05, 0) is 48.9 Å². The Hall–Kier alpha value is -3.15. The molecule has 1 amide bonds. The second kappa shape index (κ2) is 7.70. The van der Waals surface area contributed by atoms with E-state index in [1.165, 1.54) is 10.6 Å². The Morgan fingerprint density at radius 2 is 2.07 bits per heavy atom. The number of hydrogen-bond acceptors (Lipinski definition) is 3. The number of benzene rings is 1. The number of aromatic amines is 1. The molecular formula is C23H25N3O3.